The Bertz CT molecular complexity index is 336. The van der Waals surface area contributed by atoms with Crippen molar-refractivity contribution in [2.24, 2.45) is 29.1 Å². The standard InChI is InChI=1S/C14H20O3/c1-8(13(16)17)12(15)14-5-9-2-10(6-14)4-11(3-9)7-14/h8-11H,2-7H2,1H3,(H,16,17). The van der Waals surface area contributed by atoms with Crippen molar-refractivity contribution in [2.45, 2.75) is 45.4 Å². The van der Waals surface area contributed by atoms with Crippen LogP contribution in [0.4, 0.5) is 0 Å². The van der Waals surface area contributed by atoms with Gasteiger partial charge in [-0.2, -0.15) is 0 Å². The number of hydrogen-bond donors (Lipinski definition) is 1. The lowest BCUT2D eigenvalue weighted by atomic mass is 9.48. The number of carbonyl (C=O) groups is 2. The zero-order chi connectivity index (χ0) is 12.2. The molecular formula is C14H20O3. The SMILES string of the molecule is CC(C(=O)O)C(=O)C12CC3CC(CC(C3)C1)C2. The molecule has 0 aliphatic heterocycles. The number of carboxylic acids is 1. The Morgan fingerprint density at radius 2 is 1.47 bits per heavy atom. The summed E-state index contributed by atoms with van der Waals surface area (Å²) in [5, 5.41) is 9.03. The topological polar surface area (TPSA) is 54.4 Å². The van der Waals surface area contributed by atoms with Crippen molar-refractivity contribution in [3.63, 3.8) is 0 Å². The fourth-order valence-corrected chi connectivity index (χ4v) is 4.98. The molecule has 4 saturated carbocycles. The molecule has 0 saturated heterocycles. The highest BCUT2D eigenvalue weighted by Gasteiger charge is 2.55. The Kier molecular flexibility index (Phi) is 2.36. The van der Waals surface area contributed by atoms with Gasteiger partial charge in [0.1, 0.15) is 5.92 Å². The number of Topliss-reactive ketones (excluding diaryl/α,β-unsaturated/α-hetero) is 1. The van der Waals surface area contributed by atoms with Gasteiger partial charge >= 0.3 is 5.97 Å². The molecule has 0 radical (unpaired) electrons. The van der Waals surface area contributed by atoms with Crippen LogP contribution in [0, 0.1) is 29.1 Å². The molecule has 0 amide bonds. The lowest BCUT2D eigenvalue weighted by Gasteiger charge is -2.56. The van der Waals surface area contributed by atoms with Gasteiger partial charge in [0.15, 0.2) is 5.78 Å². The van der Waals surface area contributed by atoms with E-state index in [0.717, 1.165) is 19.3 Å². The van der Waals surface area contributed by atoms with Crippen LogP contribution < -0.4 is 0 Å². The summed E-state index contributed by atoms with van der Waals surface area (Å²) >= 11 is 0. The fraction of sp³-hybridized carbons (Fsp3) is 0.857. The van der Waals surface area contributed by atoms with Gasteiger partial charge in [0.2, 0.25) is 0 Å². The van der Waals surface area contributed by atoms with E-state index in [1.807, 2.05) is 0 Å². The molecule has 0 aromatic rings. The molecule has 4 bridgehead atoms. The first-order valence-electron chi connectivity index (χ1n) is 6.77. The first kappa shape index (κ1) is 11.2. The Balaban J connectivity index is 1.86. The second-order valence-electron chi connectivity index (χ2n) is 6.62. The lowest BCUT2D eigenvalue weighted by molar-refractivity contribution is -0.157. The zero-order valence-corrected chi connectivity index (χ0v) is 10.3. The van der Waals surface area contributed by atoms with Gasteiger partial charge in [0.25, 0.3) is 0 Å². The monoisotopic (exact) mass is 236 g/mol. The summed E-state index contributed by atoms with van der Waals surface area (Å²) in [6.45, 7) is 1.56. The summed E-state index contributed by atoms with van der Waals surface area (Å²) < 4.78 is 0. The Morgan fingerprint density at radius 3 is 1.82 bits per heavy atom. The Hall–Kier alpha value is -0.860. The number of ketones is 1. The highest BCUT2D eigenvalue weighted by atomic mass is 16.4. The summed E-state index contributed by atoms with van der Waals surface area (Å²) in [4.78, 5) is 23.5. The molecule has 1 atom stereocenters. The van der Waals surface area contributed by atoms with E-state index in [-0.39, 0.29) is 11.2 Å². The maximum atomic E-state index is 12.5. The van der Waals surface area contributed by atoms with E-state index in [2.05, 4.69) is 0 Å². The van der Waals surface area contributed by atoms with Crippen LogP contribution in [0.25, 0.3) is 0 Å². The first-order valence-corrected chi connectivity index (χ1v) is 6.77. The van der Waals surface area contributed by atoms with Crippen molar-refractivity contribution >= 4 is 11.8 Å². The number of carbonyl (C=O) groups excluding carboxylic acids is 1. The van der Waals surface area contributed by atoms with E-state index >= 15 is 0 Å². The third-order valence-corrected chi connectivity index (χ3v) is 5.32. The minimum atomic E-state index is -0.953. The second-order valence-corrected chi connectivity index (χ2v) is 6.62. The van der Waals surface area contributed by atoms with Crippen LogP contribution in [0.3, 0.4) is 0 Å². The van der Waals surface area contributed by atoms with Gasteiger partial charge in [-0.05, 0) is 63.2 Å². The maximum absolute atomic E-state index is 12.5. The summed E-state index contributed by atoms with van der Waals surface area (Å²) in [5.41, 5.74) is -0.257. The normalized spacial score (nSPS) is 44.6. The van der Waals surface area contributed by atoms with E-state index in [9.17, 15) is 9.59 Å². The summed E-state index contributed by atoms with van der Waals surface area (Å²) in [6.07, 6.45) is 6.76. The molecule has 4 rings (SSSR count). The fourth-order valence-electron chi connectivity index (χ4n) is 4.98. The van der Waals surface area contributed by atoms with Gasteiger partial charge in [0.05, 0.1) is 0 Å². The molecule has 4 aliphatic rings. The molecule has 1 unspecified atom stereocenters. The molecule has 17 heavy (non-hydrogen) atoms. The molecule has 0 aromatic carbocycles. The minimum Gasteiger partial charge on any atom is -0.481 e. The van der Waals surface area contributed by atoms with Crippen molar-refractivity contribution in [1.29, 1.82) is 0 Å². The first-order chi connectivity index (χ1) is 8.00. The van der Waals surface area contributed by atoms with Crippen LogP contribution >= 0.6 is 0 Å². The Labute approximate surface area is 102 Å². The van der Waals surface area contributed by atoms with Gasteiger partial charge in [-0.3, -0.25) is 9.59 Å². The predicted molar refractivity (Wildman–Crippen MR) is 62.4 cm³/mol. The number of aliphatic carboxylic acids is 1. The minimum absolute atomic E-state index is 0.0177. The van der Waals surface area contributed by atoms with Crippen molar-refractivity contribution in [2.75, 3.05) is 0 Å². The van der Waals surface area contributed by atoms with Crippen molar-refractivity contribution in [3.8, 4) is 0 Å². The molecule has 1 N–H and O–H groups in total. The van der Waals surface area contributed by atoms with Gasteiger partial charge < -0.3 is 5.11 Å². The van der Waals surface area contributed by atoms with Crippen molar-refractivity contribution in [3.05, 3.63) is 0 Å². The van der Waals surface area contributed by atoms with Gasteiger partial charge in [-0.1, -0.05) is 0 Å². The molecule has 3 heteroatoms. The summed E-state index contributed by atoms with van der Waals surface area (Å²) in [5.74, 6) is 0.352. The summed E-state index contributed by atoms with van der Waals surface area (Å²) in [7, 11) is 0. The molecule has 0 aromatic heterocycles. The predicted octanol–water partition coefficient (Wildman–Crippen LogP) is 2.49. The lowest BCUT2D eigenvalue weighted by Crippen LogP contribution is -2.52. The van der Waals surface area contributed by atoms with E-state index < -0.39 is 11.9 Å². The van der Waals surface area contributed by atoms with E-state index in [1.54, 1.807) is 6.92 Å². The van der Waals surface area contributed by atoms with Gasteiger partial charge in [-0.15, -0.1) is 0 Å². The summed E-state index contributed by atoms with van der Waals surface area (Å²) in [6, 6.07) is 0. The van der Waals surface area contributed by atoms with E-state index in [4.69, 9.17) is 5.11 Å². The van der Waals surface area contributed by atoms with Crippen molar-refractivity contribution < 1.29 is 14.7 Å². The maximum Gasteiger partial charge on any atom is 0.313 e. The molecule has 4 fully saturated rings. The van der Waals surface area contributed by atoms with Crippen LogP contribution in [0.1, 0.15) is 45.4 Å². The van der Waals surface area contributed by atoms with Crippen LogP contribution in [0.15, 0.2) is 0 Å². The molecular weight excluding hydrogens is 216 g/mol. The number of carboxylic acid groups (broad SMARTS) is 1. The zero-order valence-electron chi connectivity index (χ0n) is 10.3. The highest BCUT2D eigenvalue weighted by Crippen LogP contribution is 2.60. The average molecular weight is 236 g/mol. The van der Waals surface area contributed by atoms with Crippen LogP contribution in [-0.4, -0.2) is 16.9 Å². The third kappa shape index (κ3) is 1.62. The molecule has 0 heterocycles. The van der Waals surface area contributed by atoms with Crippen molar-refractivity contribution in [1.82, 2.24) is 0 Å². The highest BCUT2D eigenvalue weighted by molar-refractivity contribution is 6.01. The second kappa shape index (κ2) is 3.56. The molecule has 4 aliphatic carbocycles. The van der Waals surface area contributed by atoms with Gasteiger partial charge in [0, 0.05) is 5.41 Å². The van der Waals surface area contributed by atoms with Crippen LogP contribution in [0.5, 0.6) is 0 Å². The quantitative estimate of drug-likeness (QED) is 0.766. The largest absolute Gasteiger partial charge is 0.481 e. The van der Waals surface area contributed by atoms with Crippen LogP contribution in [0.2, 0.25) is 0 Å². The average Bonchev–Trinajstić information content (AvgIpc) is 2.25. The Morgan fingerprint density at radius 1 is 1.06 bits per heavy atom. The molecule has 3 nitrogen and oxygen atoms in total. The molecule has 0 spiro atoms. The van der Waals surface area contributed by atoms with E-state index in [0.29, 0.717) is 17.8 Å². The number of rotatable bonds is 3. The van der Waals surface area contributed by atoms with E-state index in [1.165, 1.54) is 19.3 Å². The van der Waals surface area contributed by atoms with Crippen LogP contribution in [-0.2, 0) is 9.59 Å². The number of hydrogen-bond acceptors (Lipinski definition) is 2. The third-order valence-electron chi connectivity index (χ3n) is 5.32. The molecule has 94 valence electrons. The smallest absolute Gasteiger partial charge is 0.313 e. The van der Waals surface area contributed by atoms with Gasteiger partial charge in [-0.25, -0.2) is 0 Å².